The lowest BCUT2D eigenvalue weighted by atomic mass is 10.4. The molecule has 0 N–H and O–H groups in total. The molecular weight excluding hydrogens is 336 g/mol. The van der Waals surface area contributed by atoms with Crippen molar-refractivity contribution in [1.29, 1.82) is 0 Å². The van der Waals surface area contributed by atoms with Crippen LogP contribution in [0.1, 0.15) is 5.82 Å². The van der Waals surface area contributed by atoms with Crippen LogP contribution in [-0.4, -0.2) is 37.4 Å². The Balaban J connectivity index is 2.30. The Morgan fingerprint density at radius 2 is 2.14 bits per heavy atom. The van der Waals surface area contributed by atoms with Crippen LogP contribution in [0, 0.1) is 6.92 Å². The van der Waals surface area contributed by atoms with Crippen LogP contribution in [0.15, 0.2) is 13.7 Å². The average molecular weight is 345 g/mol. The maximum Gasteiger partial charge on any atom is 0.294 e. The SMILES string of the molecule is CSc1nc2c(=O)n(CC(F)F)c(-c3nc(C)no3)nc2s1. The van der Waals surface area contributed by atoms with Gasteiger partial charge in [0.2, 0.25) is 5.82 Å². The van der Waals surface area contributed by atoms with Crippen molar-refractivity contribution >= 4 is 33.4 Å². The first-order valence-electron chi connectivity index (χ1n) is 6.03. The van der Waals surface area contributed by atoms with Crippen LogP contribution in [0.3, 0.4) is 0 Å². The highest BCUT2D eigenvalue weighted by Gasteiger charge is 2.22. The number of hydrogen-bond donors (Lipinski definition) is 0. The highest BCUT2D eigenvalue weighted by atomic mass is 32.2. The summed E-state index contributed by atoms with van der Waals surface area (Å²) in [4.78, 5) is 25.1. The highest BCUT2D eigenvalue weighted by Crippen LogP contribution is 2.27. The minimum Gasteiger partial charge on any atom is -0.331 e. The molecule has 11 heteroatoms. The van der Waals surface area contributed by atoms with E-state index in [0.29, 0.717) is 15.0 Å². The first kappa shape index (κ1) is 15.0. The van der Waals surface area contributed by atoms with Crippen molar-refractivity contribution in [2.75, 3.05) is 6.26 Å². The van der Waals surface area contributed by atoms with Crippen molar-refractivity contribution in [3.63, 3.8) is 0 Å². The van der Waals surface area contributed by atoms with E-state index in [4.69, 9.17) is 4.52 Å². The number of fused-ring (bicyclic) bond motifs is 1. The van der Waals surface area contributed by atoms with Crippen molar-refractivity contribution in [3.05, 3.63) is 16.2 Å². The second-order valence-corrected chi connectivity index (χ2v) is 6.26. The fourth-order valence-corrected chi connectivity index (χ4v) is 3.25. The molecule has 0 aliphatic heterocycles. The molecule has 116 valence electrons. The van der Waals surface area contributed by atoms with Crippen molar-refractivity contribution in [3.8, 4) is 11.7 Å². The molecule has 3 aromatic heterocycles. The Kier molecular flexibility index (Phi) is 3.91. The van der Waals surface area contributed by atoms with Gasteiger partial charge in [-0.1, -0.05) is 28.3 Å². The monoisotopic (exact) mass is 345 g/mol. The molecule has 22 heavy (non-hydrogen) atoms. The van der Waals surface area contributed by atoms with Gasteiger partial charge in [0.1, 0.15) is 0 Å². The number of rotatable bonds is 4. The number of thioether (sulfide) groups is 1. The van der Waals surface area contributed by atoms with Crippen LogP contribution in [-0.2, 0) is 6.54 Å². The zero-order valence-electron chi connectivity index (χ0n) is 11.4. The summed E-state index contributed by atoms with van der Waals surface area (Å²) in [5.41, 5.74) is -0.581. The normalized spacial score (nSPS) is 11.7. The second-order valence-electron chi connectivity index (χ2n) is 4.23. The Morgan fingerprint density at radius 1 is 1.36 bits per heavy atom. The van der Waals surface area contributed by atoms with E-state index in [0.717, 1.165) is 4.57 Å². The van der Waals surface area contributed by atoms with Crippen LogP contribution in [0.4, 0.5) is 8.78 Å². The quantitative estimate of drug-likeness (QED) is 0.670. The van der Waals surface area contributed by atoms with Crippen molar-refractivity contribution in [2.24, 2.45) is 0 Å². The van der Waals surface area contributed by atoms with E-state index in [1.807, 2.05) is 0 Å². The number of nitrogens with zero attached hydrogens (tertiary/aromatic N) is 5. The van der Waals surface area contributed by atoms with Crippen LogP contribution >= 0.6 is 23.1 Å². The van der Waals surface area contributed by atoms with E-state index in [9.17, 15) is 13.6 Å². The number of hydrogen-bond acceptors (Lipinski definition) is 8. The second kappa shape index (κ2) is 5.72. The minimum atomic E-state index is -2.72. The van der Waals surface area contributed by atoms with E-state index < -0.39 is 18.5 Å². The van der Waals surface area contributed by atoms with Crippen LogP contribution in [0.5, 0.6) is 0 Å². The van der Waals surface area contributed by atoms with Gasteiger partial charge >= 0.3 is 0 Å². The van der Waals surface area contributed by atoms with Crippen LogP contribution in [0.25, 0.3) is 22.1 Å². The summed E-state index contributed by atoms with van der Waals surface area (Å²) >= 11 is 2.55. The van der Waals surface area contributed by atoms with E-state index >= 15 is 0 Å². The van der Waals surface area contributed by atoms with Gasteiger partial charge in [0, 0.05) is 0 Å². The van der Waals surface area contributed by atoms with Crippen molar-refractivity contribution in [2.45, 2.75) is 24.2 Å². The molecule has 0 amide bonds. The zero-order valence-corrected chi connectivity index (χ0v) is 13.0. The van der Waals surface area contributed by atoms with Gasteiger partial charge in [-0.15, -0.1) is 0 Å². The fourth-order valence-electron chi connectivity index (χ4n) is 1.83. The molecule has 0 bridgehead atoms. The predicted molar refractivity (Wildman–Crippen MR) is 77.5 cm³/mol. The van der Waals surface area contributed by atoms with Crippen LogP contribution in [0.2, 0.25) is 0 Å². The average Bonchev–Trinajstić information content (AvgIpc) is 3.07. The number of aryl methyl sites for hydroxylation is 1. The fraction of sp³-hybridized carbons (Fsp3) is 0.364. The Morgan fingerprint density at radius 3 is 2.73 bits per heavy atom. The first-order chi connectivity index (χ1) is 10.5. The molecule has 0 aliphatic rings. The van der Waals surface area contributed by atoms with E-state index in [1.54, 1.807) is 13.2 Å². The van der Waals surface area contributed by atoms with E-state index in [-0.39, 0.29) is 17.2 Å². The Bertz CT molecular complexity index is 888. The van der Waals surface area contributed by atoms with Crippen molar-refractivity contribution in [1.82, 2.24) is 24.7 Å². The van der Waals surface area contributed by atoms with Gasteiger partial charge in [-0.3, -0.25) is 9.36 Å². The maximum absolute atomic E-state index is 12.8. The molecule has 3 aromatic rings. The number of alkyl halides is 2. The third-order valence-electron chi connectivity index (χ3n) is 2.71. The van der Waals surface area contributed by atoms with Crippen molar-refractivity contribution < 1.29 is 13.3 Å². The third-order valence-corrected chi connectivity index (χ3v) is 4.65. The Hall–Kier alpha value is -1.88. The topological polar surface area (TPSA) is 86.7 Å². The van der Waals surface area contributed by atoms with Gasteiger partial charge in [0.25, 0.3) is 17.9 Å². The molecule has 0 aliphatic carbocycles. The smallest absolute Gasteiger partial charge is 0.294 e. The van der Waals surface area contributed by atoms with E-state index in [1.165, 1.54) is 23.1 Å². The predicted octanol–water partition coefficient (Wildman–Crippen LogP) is 2.20. The summed E-state index contributed by atoms with van der Waals surface area (Å²) in [6.45, 7) is 0.768. The lowest BCUT2D eigenvalue weighted by Gasteiger charge is -2.08. The highest BCUT2D eigenvalue weighted by molar-refractivity contribution is 8.00. The van der Waals surface area contributed by atoms with E-state index in [2.05, 4.69) is 20.1 Å². The first-order valence-corrected chi connectivity index (χ1v) is 8.08. The van der Waals surface area contributed by atoms with Gasteiger partial charge in [-0.05, 0) is 13.2 Å². The van der Waals surface area contributed by atoms with Gasteiger partial charge in [0.15, 0.2) is 20.5 Å². The largest absolute Gasteiger partial charge is 0.331 e. The molecule has 3 heterocycles. The molecule has 0 spiro atoms. The third kappa shape index (κ3) is 2.61. The number of halogens is 2. The summed E-state index contributed by atoms with van der Waals surface area (Å²) in [7, 11) is 0. The molecule has 3 rings (SSSR count). The molecule has 0 aromatic carbocycles. The lowest BCUT2D eigenvalue weighted by Crippen LogP contribution is -2.26. The molecular formula is C11H9F2N5O2S2. The van der Waals surface area contributed by atoms with Gasteiger partial charge in [0.05, 0.1) is 6.54 Å². The lowest BCUT2D eigenvalue weighted by molar-refractivity contribution is 0.125. The molecule has 0 atom stereocenters. The van der Waals surface area contributed by atoms with Crippen LogP contribution < -0.4 is 5.56 Å². The summed E-state index contributed by atoms with van der Waals surface area (Å²) in [5.74, 6) is 0.174. The molecule has 0 fully saturated rings. The number of aromatic nitrogens is 5. The maximum atomic E-state index is 12.8. The molecule has 0 unspecified atom stereocenters. The molecule has 0 saturated carbocycles. The summed E-state index contributed by atoms with van der Waals surface area (Å²) < 4.78 is 32.0. The molecule has 7 nitrogen and oxygen atoms in total. The Labute approximate surface area is 130 Å². The minimum absolute atomic E-state index is 0.0648. The van der Waals surface area contributed by atoms with Gasteiger partial charge < -0.3 is 4.52 Å². The molecule has 0 saturated heterocycles. The van der Waals surface area contributed by atoms with Gasteiger partial charge in [-0.2, -0.15) is 4.98 Å². The summed E-state index contributed by atoms with van der Waals surface area (Å²) in [6.07, 6.45) is -0.920. The summed E-state index contributed by atoms with van der Waals surface area (Å²) in [5, 5.41) is 3.60. The zero-order chi connectivity index (χ0) is 15.9. The molecule has 0 radical (unpaired) electrons. The number of thiazole rings is 1. The summed E-state index contributed by atoms with van der Waals surface area (Å²) in [6, 6.07) is 0. The standard InChI is InChI=1S/C11H9F2N5O2S2/c1-4-14-8(20-17-4)7-16-9-6(15-11(21-2)22-9)10(19)18(7)3-5(12)13/h5H,3H2,1-2H3. The van der Waals surface area contributed by atoms with Gasteiger partial charge in [-0.25, -0.2) is 18.7 Å².